The smallest absolute Gasteiger partial charge is 0.0894 e. The van der Waals surface area contributed by atoms with Gasteiger partial charge < -0.3 is 14.9 Å². The summed E-state index contributed by atoms with van der Waals surface area (Å²) in [4.78, 5) is 5.89. The van der Waals surface area contributed by atoms with E-state index in [1.54, 1.807) is 11.3 Å². The maximum Gasteiger partial charge on any atom is 0.0894 e. The first kappa shape index (κ1) is 12.0. The molecule has 1 N–H and O–H groups in total. The first-order valence-corrected chi connectivity index (χ1v) is 6.76. The zero-order valence-corrected chi connectivity index (χ0v) is 10.6. The first-order valence-electron chi connectivity index (χ1n) is 5.88. The number of aliphatic hydroxyl groups is 1. The lowest BCUT2D eigenvalue weighted by Crippen LogP contribution is -2.44. The van der Waals surface area contributed by atoms with Crippen molar-refractivity contribution in [3.63, 3.8) is 0 Å². The molecule has 1 fully saturated rings. The van der Waals surface area contributed by atoms with Crippen molar-refractivity contribution >= 4 is 11.3 Å². The van der Waals surface area contributed by atoms with Gasteiger partial charge in [-0.25, -0.2) is 0 Å². The van der Waals surface area contributed by atoms with Crippen LogP contribution in [0.2, 0.25) is 0 Å². The fourth-order valence-electron chi connectivity index (χ4n) is 2.00. The zero-order valence-electron chi connectivity index (χ0n) is 9.80. The zero-order chi connectivity index (χ0) is 11.4. The third kappa shape index (κ3) is 3.28. The van der Waals surface area contributed by atoms with Crippen molar-refractivity contribution in [1.29, 1.82) is 0 Å². The van der Waals surface area contributed by atoms with Gasteiger partial charge in [0.25, 0.3) is 0 Å². The van der Waals surface area contributed by atoms with E-state index in [9.17, 15) is 5.11 Å². The maximum atomic E-state index is 9.97. The average molecular weight is 240 g/mol. The van der Waals surface area contributed by atoms with E-state index in [0.717, 1.165) is 44.0 Å². The van der Waals surface area contributed by atoms with Crippen LogP contribution in [0.4, 0.5) is 0 Å². The molecule has 0 amide bonds. The second-order valence-electron chi connectivity index (χ2n) is 4.46. The van der Waals surface area contributed by atoms with Crippen LogP contribution in [0.1, 0.15) is 17.4 Å². The van der Waals surface area contributed by atoms with Crippen molar-refractivity contribution in [3.8, 4) is 0 Å². The van der Waals surface area contributed by atoms with E-state index in [4.69, 9.17) is 0 Å². The van der Waals surface area contributed by atoms with Gasteiger partial charge in [0.2, 0.25) is 0 Å². The molecule has 0 unspecified atom stereocenters. The molecule has 0 spiro atoms. The highest BCUT2D eigenvalue weighted by atomic mass is 32.1. The van der Waals surface area contributed by atoms with Gasteiger partial charge in [0.15, 0.2) is 0 Å². The standard InChI is InChI=1S/C12H20N2OS/c1-13-6-8-14(9-7-13)5-4-11(15)12-3-2-10-16-12/h2-3,10-11,15H,4-9H2,1H3/t11-/m0/s1. The summed E-state index contributed by atoms with van der Waals surface area (Å²) in [6.07, 6.45) is 0.573. The van der Waals surface area contributed by atoms with Crippen molar-refractivity contribution in [1.82, 2.24) is 9.80 Å². The van der Waals surface area contributed by atoms with Crippen LogP contribution in [0.15, 0.2) is 17.5 Å². The van der Waals surface area contributed by atoms with Crippen LogP contribution in [0, 0.1) is 0 Å². The number of likely N-dealkylation sites (N-methyl/N-ethyl adjacent to an activating group) is 1. The third-order valence-corrected chi connectivity index (χ3v) is 4.16. The van der Waals surface area contributed by atoms with E-state index in [1.807, 2.05) is 17.5 Å². The lowest BCUT2D eigenvalue weighted by Gasteiger charge is -2.32. The van der Waals surface area contributed by atoms with Gasteiger partial charge in [-0.1, -0.05) is 6.07 Å². The molecule has 1 atom stereocenters. The molecule has 0 aromatic carbocycles. The Morgan fingerprint density at radius 1 is 1.38 bits per heavy atom. The quantitative estimate of drug-likeness (QED) is 0.862. The molecule has 2 rings (SSSR count). The van der Waals surface area contributed by atoms with Gasteiger partial charge >= 0.3 is 0 Å². The Bertz CT molecular complexity index is 294. The van der Waals surface area contributed by atoms with Gasteiger partial charge in [-0.2, -0.15) is 0 Å². The number of piperazine rings is 1. The Balaban J connectivity index is 1.71. The molecular formula is C12H20N2OS. The Labute approximate surface area is 101 Å². The van der Waals surface area contributed by atoms with Gasteiger partial charge in [0.05, 0.1) is 6.10 Å². The van der Waals surface area contributed by atoms with Crippen molar-refractivity contribution < 1.29 is 5.11 Å². The van der Waals surface area contributed by atoms with Crippen molar-refractivity contribution in [3.05, 3.63) is 22.4 Å². The Morgan fingerprint density at radius 3 is 2.75 bits per heavy atom. The largest absolute Gasteiger partial charge is 0.388 e. The normalized spacial score (nSPS) is 21.1. The van der Waals surface area contributed by atoms with Crippen LogP contribution < -0.4 is 0 Å². The summed E-state index contributed by atoms with van der Waals surface area (Å²) >= 11 is 1.64. The molecule has 0 radical (unpaired) electrons. The number of nitrogens with zero attached hydrogens (tertiary/aromatic N) is 2. The van der Waals surface area contributed by atoms with E-state index in [2.05, 4.69) is 16.8 Å². The molecule has 0 aliphatic carbocycles. The molecule has 1 aliphatic heterocycles. The lowest BCUT2D eigenvalue weighted by atomic mass is 10.2. The predicted octanol–water partition coefficient (Wildman–Crippen LogP) is 1.42. The minimum atomic E-state index is -0.278. The molecule has 1 saturated heterocycles. The second-order valence-corrected chi connectivity index (χ2v) is 5.44. The van der Waals surface area contributed by atoms with Crippen LogP contribution >= 0.6 is 11.3 Å². The minimum Gasteiger partial charge on any atom is -0.388 e. The number of hydrogen-bond acceptors (Lipinski definition) is 4. The molecule has 0 bridgehead atoms. The van der Waals surface area contributed by atoms with E-state index in [1.165, 1.54) is 0 Å². The summed E-state index contributed by atoms with van der Waals surface area (Å²) < 4.78 is 0. The van der Waals surface area contributed by atoms with Crippen molar-refractivity contribution in [2.75, 3.05) is 39.8 Å². The molecule has 1 aliphatic rings. The molecule has 90 valence electrons. The van der Waals surface area contributed by atoms with E-state index in [0.29, 0.717) is 0 Å². The molecule has 16 heavy (non-hydrogen) atoms. The molecule has 4 heteroatoms. The van der Waals surface area contributed by atoms with Gasteiger partial charge in [-0.15, -0.1) is 11.3 Å². The molecular weight excluding hydrogens is 220 g/mol. The monoisotopic (exact) mass is 240 g/mol. The average Bonchev–Trinajstić information content (AvgIpc) is 2.81. The predicted molar refractivity (Wildman–Crippen MR) is 67.8 cm³/mol. The highest BCUT2D eigenvalue weighted by molar-refractivity contribution is 7.10. The highest BCUT2D eigenvalue weighted by Gasteiger charge is 2.15. The fourth-order valence-corrected chi connectivity index (χ4v) is 2.75. The topological polar surface area (TPSA) is 26.7 Å². The Morgan fingerprint density at radius 2 is 2.12 bits per heavy atom. The molecule has 3 nitrogen and oxygen atoms in total. The van der Waals surface area contributed by atoms with Gasteiger partial charge in [-0.3, -0.25) is 0 Å². The maximum absolute atomic E-state index is 9.97. The second kappa shape index (κ2) is 5.77. The number of thiophene rings is 1. The summed E-state index contributed by atoms with van der Waals surface area (Å²) in [5.74, 6) is 0. The van der Waals surface area contributed by atoms with E-state index < -0.39 is 0 Å². The molecule has 1 aromatic rings. The lowest BCUT2D eigenvalue weighted by molar-refractivity contribution is 0.114. The molecule has 1 aromatic heterocycles. The van der Waals surface area contributed by atoms with Crippen molar-refractivity contribution in [2.45, 2.75) is 12.5 Å². The minimum absolute atomic E-state index is 0.278. The Hall–Kier alpha value is -0.420. The third-order valence-electron chi connectivity index (χ3n) is 3.19. The summed E-state index contributed by atoms with van der Waals surface area (Å²) in [6.45, 7) is 5.57. The summed E-state index contributed by atoms with van der Waals surface area (Å²) in [5.41, 5.74) is 0. The van der Waals surface area contributed by atoms with E-state index in [-0.39, 0.29) is 6.10 Å². The van der Waals surface area contributed by atoms with Crippen LogP contribution in [0.5, 0.6) is 0 Å². The van der Waals surface area contributed by atoms with Gasteiger partial charge in [0, 0.05) is 37.6 Å². The fraction of sp³-hybridized carbons (Fsp3) is 0.667. The van der Waals surface area contributed by atoms with Crippen LogP contribution in [-0.2, 0) is 0 Å². The highest BCUT2D eigenvalue weighted by Crippen LogP contribution is 2.21. The Kier molecular flexibility index (Phi) is 4.35. The SMILES string of the molecule is CN1CCN(CC[C@H](O)c2cccs2)CC1. The van der Waals surface area contributed by atoms with Gasteiger partial charge in [0.1, 0.15) is 0 Å². The van der Waals surface area contributed by atoms with Gasteiger partial charge in [-0.05, 0) is 24.9 Å². The number of rotatable bonds is 4. The number of aliphatic hydroxyl groups excluding tert-OH is 1. The number of hydrogen-bond donors (Lipinski definition) is 1. The summed E-state index contributed by atoms with van der Waals surface area (Å²) in [5, 5.41) is 12.0. The molecule has 0 saturated carbocycles. The van der Waals surface area contributed by atoms with Crippen molar-refractivity contribution in [2.24, 2.45) is 0 Å². The van der Waals surface area contributed by atoms with Crippen LogP contribution in [0.25, 0.3) is 0 Å². The van der Waals surface area contributed by atoms with Crippen LogP contribution in [-0.4, -0.2) is 54.7 Å². The molecule has 2 heterocycles. The summed E-state index contributed by atoms with van der Waals surface area (Å²) in [7, 11) is 2.16. The summed E-state index contributed by atoms with van der Waals surface area (Å²) in [6, 6.07) is 4.01. The van der Waals surface area contributed by atoms with Crippen LogP contribution in [0.3, 0.4) is 0 Å². The first-order chi connectivity index (χ1) is 7.75. The van der Waals surface area contributed by atoms with E-state index >= 15 is 0 Å².